The first-order chi connectivity index (χ1) is 5.22. The number of nitrogens with zero attached hydrogens (tertiary/aromatic N) is 1. The van der Waals surface area contributed by atoms with Crippen LogP contribution in [0.1, 0.15) is 6.92 Å². The average Bonchev–Trinajstić information content (AvgIpc) is 2.05. The molecule has 0 spiro atoms. The number of rotatable bonds is 2. The molecule has 0 radical (unpaired) electrons. The molecule has 0 aromatic carbocycles. The Morgan fingerprint density at radius 2 is 2.36 bits per heavy atom. The zero-order valence-electron chi connectivity index (χ0n) is 6.53. The maximum Gasteiger partial charge on any atom is 0.239 e. The third-order valence-electron chi connectivity index (χ3n) is 1.75. The maximum absolute atomic E-state index is 10.7. The molecule has 1 unspecified atom stereocenters. The van der Waals surface area contributed by atoms with Crippen molar-refractivity contribution in [2.45, 2.75) is 13.0 Å². The monoisotopic (exact) mass is 152 g/mol. The molecule has 3 nitrogen and oxygen atoms in total. The Balaban J connectivity index is 2.55. The highest BCUT2D eigenvalue weighted by Crippen LogP contribution is 2.03. The molecule has 0 saturated heterocycles. The molecule has 1 rings (SSSR count). The van der Waals surface area contributed by atoms with Crippen LogP contribution >= 0.6 is 0 Å². The summed E-state index contributed by atoms with van der Waals surface area (Å²) >= 11 is 0. The summed E-state index contributed by atoms with van der Waals surface area (Å²) in [5, 5.41) is 0. The van der Waals surface area contributed by atoms with Gasteiger partial charge >= 0.3 is 0 Å². The fourth-order valence-corrected chi connectivity index (χ4v) is 0.933. The molecule has 3 heteroatoms. The van der Waals surface area contributed by atoms with Crippen LogP contribution in [-0.4, -0.2) is 23.4 Å². The summed E-state index contributed by atoms with van der Waals surface area (Å²) in [6.45, 7) is 2.56. The number of hydrogen-bond donors (Lipinski definition) is 1. The standard InChI is InChI=1S/C8H12N2O/c1-7(8(9)11)10-5-3-2-4-6-10/h2-5,7H,6H2,1H3,(H2,9,11). The highest BCUT2D eigenvalue weighted by atomic mass is 16.1. The van der Waals surface area contributed by atoms with Crippen molar-refractivity contribution in [2.24, 2.45) is 5.73 Å². The molecule has 0 aliphatic carbocycles. The summed E-state index contributed by atoms with van der Waals surface area (Å²) in [4.78, 5) is 12.6. The van der Waals surface area contributed by atoms with Crippen LogP contribution in [0, 0.1) is 0 Å². The fourth-order valence-electron chi connectivity index (χ4n) is 0.933. The number of carbonyl (C=O) groups excluding carboxylic acids is 1. The second-order valence-electron chi connectivity index (χ2n) is 2.54. The number of nitrogens with two attached hydrogens (primary N) is 1. The molecule has 1 heterocycles. The summed E-state index contributed by atoms with van der Waals surface area (Å²) in [6.07, 6.45) is 7.70. The number of carbonyl (C=O) groups is 1. The summed E-state index contributed by atoms with van der Waals surface area (Å²) in [5.41, 5.74) is 5.13. The van der Waals surface area contributed by atoms with Gasteiger partial charge < -0.3 is 10.6 Å². The Morgan fingerprint density at radius 1 is 1.64 bits per heavy atom. The molecule has 2 N–H and O–H groups in total. The van der Waals surface area contributed by atoms with Crippen molar-refractivity contribution in [1.29, 1.82) is 0 Å². The topological polar surface area (TPSA) is 46.3 Å². The van der Waals surface area contributed by atoms with Crippen molar-refractivity contribution in [3.63, 3.8) is 0 Å². The van der Waals surface area contributed by atoms with Crippen molar-refractivity contribution in [3.8, 4) is 0 Å². The molecular weight excluding hydrogens is 140 g/mol. The summed E-state index contributed by atoms with van der Waals surface area (Å²) < 4.78 is 0. The van der Waals surface area contributed by atoms with Gasteiger partial charge in [0.25, 0.3) is 0 Å². The van der Waals surface area contributed by atoms with Crippen molar-refractivity contribution in [3.05, 3.63) is 24.4 Å². The SMILES string of the molecule is CC(C(N)=O)N1C=CC=CC1. The average molecular weight is 152 g/mol. The van der Waals surface area contributed by atoms with Crippen LogP contribution in [0.3, 0.4) is 0 Å². The van der Waals surface area contributed by atoms with Gasteiger partial charge in [-0.15, -0.1) is 0 Å². The molecule has 1 atom stereocenters. The molecule has 0 aromatic rings. The Kier molecular flexibility index (Phi) is 2.31. The lowest BCUT2D eigenvalue weighted by Crippen LogP contribution is -2.40. The van der Waals surface area contributed by atoms with E-state index in [0.29, 0.717) is 0 Å². The van der Waals surface area contributed by atoms with E-state index in [2.05, 4.69) is 0 Å². The Morgan fingerprint density at radius 3 is 2.82 bits per heavy atom. The van der Waals surface area contributed by atoms with Gasteiger partial charge in [-0.2, -0.15) is 0 Å². The first-order valence-electron chi connectivity index (χ1n) is 3.60. The van der Waals surface area contributed by atoms with E-state index in [9.17, 15) is 4.79 Å². The lowest BCUT2D eigenvalue weighted by molar-refractivity contribution is -0.121. The largest absolute Gasteiger partial charge is 0.368 e. The molecule has 0 fully saturated rings. The van der Waals surface area contributed by atoms with Gasteiger partial charge in [0, 0.05) is 12.7 Å². The molecule has 0 saturated carbocycles. The zero-order chi connectivity index (χ0) is 8.27. The summed E-state index contributed by atoms with van der Waals surface area (Å²) in [6, 6.07) is -0.212. The molecule has 11 heavy (non-hydrogen) atoms. The molecule has 1 aliphatic heterocycles. The van der Waals surface area contributed by atoms with Crippen molar-refractivity contribution < 1.29 is 4.79 Å². The molecule has 0 bridgehead atoms. The van der Waals surface area contributed by atoms with Crippen LogP contribution in [0.25, 0.3) is 0 Å². The highest BCUT2D eigenvalue weighted by molar-refractivity contribution is 5.79. The Labute approximate surface area is 66.2 Å². The van der Waals surface area contributed by atoms with Gasteiger partial charge in [0.2, 0.25) is 5.91 Å². The molecule has 0 aromatic heterocycles. The van der Waals surface area contributed by atoms with E-state index in [-0.39, 0.29) is 11.9 Å². The van der Waals surface area contributed by atoms with E-state index < -0.39 is 0 Å². The normalized spacial score (nSPS) is 18.5. The lowest BCUT2D eigenvalue weighted by atomic mass is 10.2. The van der Waals surface area contributed by atoms with E-state index in [1.807, 2.05) is 29.3 Å². The first kappa shape index (κ1) is 7.85. The predicted molar refractivity (Wildman–Crippen MR) is 43.6 cm³/mol. The van der Waals surface area contributed by atoms with Crippen LogP contribution in [0.15, 0.2) is 24.4 Å². The minimum atomic E-state index is -0.287. The van der Waals surface area contributed by atoms with Gasteiger partial charge in [0.05, 0.1) is 0 Å². The quantitative estimate of drug-likeness (QED) is 0.616. The number of allylic oxidation sites excluding steroid dienone is 2. The third-order valence-corrected chi connectivity index (χ3v) is 1.75. The van der Waals surface area contributed by atoms with E-state index in [1.54, 1.807) is 6.92 Å². The smallest absolute Gasteiger partial charge is 0.239 e. The van der Waals surface area contributed by atoms with Gasteiger partial charge in [-0.3, -0.25) is 4.79 Å². The van der Waals surface area contributed by atoms with Crippen LogP contribution in [-0.2, 0) is 4.79 Å². The van der Waals surface area contributed by atoms with Crippen LogP contribution in [0.4, 0.5) is 0 Å². The minimum absolute atomic E-state index is 0.212. The van der Waals surface area contributed by atoms with Gasteiger partial charge in [0.1, 0.15) is 6.04 Å². The maximum atomic E-state index is 10.7. The summed E-state index contributed by atoms with van der Waals surface area (Å²) in [5.74, 6) is -0.287. The number of hydrogen-bond acceptors (Lipinski definition) is 2. The van der Waals surface area contributed by atoms with Crippen molar-refractivity contribution >= 4 is 5.91 Å². The minimum Gasteiger partial charge on any atom is -0.368 e. The van der Waals surface area contributed by atoms with E-state index >= 15 is 0 Å². The second kappa shape index (κ2) is 3.23. The van der Waals surface area contributed by atoms with Crippen LogP contribution in [0.2, 0.25) is 0 Å². The molecule has 1 aliphatic rings. The highest BCUT2D eigenvalue weighted by Gasteiger charge is 2.14. The molecule has 1 amide bonds. The van der Waals surface area contributed by atoms with Gasteiger partial charge in [-0.1, -0.05) is 12.2 Å². The van der Waals surface area contributed by atoms with Gasteiger partial charge in [-0.05, 0) is 13.0 Å². The molecule has 60 valence electrons. The van der Waals surface area contributed by atoms with Crippen molar-refractivity contribution in [2.75, 3.05) is 6.54 Å². The van der Waals surface area contributed by atoms with E-state index in [0.717, 1.165) is 6.54 Å². The Hall–Kier alpha value is -1.25. The first-order valence-corrected chi connectivity index (χ1v) is 3.60. The second-order valence-corrected chi connectivity index (χ2v) is 2.54. The third kappa shape index (κ3) is 1.83. The Bertz CT molecular complexity index is 208. The van der Waals surface area contributed by atoms with E-state index in [1.165, 1.54) is 0 Å². The van der Waals surface area contributed by atoms with Gasteiger partial charge in [0.15, 0.2) is 0 Å². The van der Waals surface area contributed by atoms with Gasteiger partial charge in [-0.25, -0.2) is 0 Å². The molecular formula is C8H12N2O. The van der Waals surface area contributed by atoms with E-state index in [4.69, 9.17) is 5.73 Å². The fraction of sp³-hybridized carbons (Fsp3) is 0.375. The summed E-state index contributed by atoms with van der Waals surface area (Å²) in [7, 11) is 0. The predicted octanol–water partition coefficient (Wildman–Crippen LogP) is 0.246. The van der Waals surface area contributed by atoms with Crippen molar-refractivity contribution in [1.82, 2.24) is 4.90 Å². The lowest BCUT2D eigenvalue weighted by Gasteiger charge is -2.25. The number of primary amides is 1. The van der Waals surface area contributed by atoms with Crippen LogP contribution in [0.5, 0.6) is 0 Å². The zero-order valence-corrected chi connectivity index (χ0v) is 6.53. The van der Waals surface area contributed by atoms with Crippen LogP contribution < -0.4 is 5.73 Å². The number of amides is 1.